The van der Waals surface area contributed by atoms with E-state index in [1.54, 1.807) is 0 Å². The summed E-state index contributed by atoms with van der Waals surface area (Å²) in [5.74, 6) is -0.303. The summed E-state index contributed by atoms with van der Waals surface area (Å²) in [4.78, 5) is 3.44. The van der Waals surface area contributed by atoms with Gasteiger partial charge in [-0.15, -0.1) is 0 Å². The van der Waals surface area contributed by atoms with Crippen LogP contribution in [0.1, 0.15) is 0 Å². The van der Waals surface area contributed by atoms with Crippen LogP contribution in [0.15, 0.2) is 29.3 Å². The Hall–Kier alpha value is -1.90. The van der Waals surface area contributed by atoms with Gasteiger partial charge in [0.2, 0.25) is 0 Å². The van der Waals surface area contributed by atoms with E-state index in [1.165, 1.54) is 18.3 Å². The monoisotopic (exact) mass is 258 g/mol. The van der Waals surface area contributed by atoms with Crippen molar-refractivity contribution in [3.63, 3.8) is 0 Å². The van der Waals surface area contributed by atoms with Crippen molar-refractivity contribution in [2.45, 2.75) is 4.90 Å². The third-order valence-corrected chi connectivity index (χ3v) is 3.03. The maximum absolute atomic E-state index is 11.1. The molecule has 17 heavy (non-hydrogen) atoms. The second kappa shape index (κ2) is 4.17. The Labute approximate surface area is 96.6 Å². The summed E-state index contributed by atoms with van der Waals surface area (Å²) in [7, 11) is -4.40. The molecule has 0 atom stereocenters. The highest BCUT2D eigenvalue weighted by molar-refractivity contribution is 7.86. The second-order valence-corrected chi connectivity index (χ2v) is 4.58. The van der Waals surface area contributed by atoms with Crippen molar-refractivity contribution in [3.8, 4) is 5.75 Å². The molecule has 0 spiro atoms. The summed E-state index contributed by atoms with van der Waals surface area (Å²) < 4.78 is 31.2. The van der Waals surface area contributed by atoms with Crippen molar-refractivity contribution in [2.75, 3.05) is 5.73 Å². The molecule has 0 aliphatic heterocycles. The number of hydrogen-bond acceptors (Lipinski definition) is 5. The average molecular weight is 258 g/mol. The number of phenolic OH excluding ortho intramolecular Hbond substituents is 1. The number of pyridine rings is 1. The highest BCUT2D eigenvalue weighted by atomic mass is 32.2. The molecule has 6 N–H and O–H groups in total. The highest BCUT2D eigenvalue weighted by Crippen LogP contribution is 2.33. The molecule has 2 aromatic rings. The smallest absolute Gasteiger partial charge is 0.295 e. The van der Waals surface area contributed by atoms with Gasteiger partial charge in [0.25, 0.3) is 10.1 Å². The zero-order valence-corrected chi connectivity index (χ0v) is 9.27. The van der Waals surface area contributed by atoms with Crippen molar-refractivity contribution in [1.29, 1.82) is 0 Å². The van der Waals surface area contributed by atoms with E-state index < -0.39 is 10.1 Å². The molecule has 0 radical (unpaired) electrons. The van der Waals surface area contributed by atoms with Crippen molar-refractivity contribution in [2.24, 2.45) is 0 Å². The first-order valence-corrected chi connectivity index (χ1v) is 5.69. The minimum Gasteiger partial charge on any atom is -0.504 e. The molecule has 0 unspecified atom stereocenters. The molecule has 1 heterocycles. The number of hydrogen-bond donors (Lipinski definition) is 3. The number of nitrogens with two attached hydrogens (primary N) is 1. The maximum atomic E-state index is 11.1. The predicted molar refractivity (Wildman–Crippen MR) is 61.2 cm³/mol. The fourth-order valence-corrected chi connectivity index (χ4v) is 2.15. The number of benzene rings is 1. The van der Waals surface area contributed by atoms with Gasteiger partial charge in [-0.2, -0.15) is 8.42 Å². The van der Waals surface area contributed by atoms with Gasteiger partial charge >= 0.3 is 0 Å². The first kappa shape index (κ1) is 13.2. The van der Waals surface area contributed by atoms with E-state index in [0.29, 0.717) is 0 Å². The summed E-state index contributed by atoms with van der Waals surface area (Å²) in [6.07, 6.45) is 1.38. The molecule has 0 bridgehead atoms. The van der Waals surface area contributed by atoms with Gasteiger partial charge in [-0.1, -0.05) is 0 Å². The molecule has 8 heteroatoms. The van der Waals surface area contributed by atoms with Crippen LogP contribution in [0, 0.1) is 0 Å². The number of fused-ring (bicyclic) bond motifs is 1. The van der Waals surface area contributed by atoms with Crippen LogP contribution in [-0.2, 0) is 10.1 Å². The predicted octanol–water partition coefficient (Wildman–Crippen LogP) is -0.0554. The summed E-state index contributed by atoms with van der Waals surface area (Å²) in [5.41, 5.74) is 5.30. The molecule has 7 nitrogen and oxygen atoms in total. The number of anilines is 1. The van der Waals surface area contributed by atoms with E-state index in [2.05, 4.69) is 4.98 Å². The minimum atomic E-state index is -4.40. The molecule has 0 amide bonds. The normalized spacial score (nSPS) is 11.1. The molecule has 0 fully saturated rings. The maximum Gasteiger partial charge on any atom is 0.295 e. The van der Waals surface area contributed by atoms with Crippen molar-refractivity contribution in [3.05, 3.63) is 24.4 Å². The van der Waals surface area contributed by atoms with E-state index in [-0.39, 0.29) is 32.7 Å². The van der Waals surface area contributed by atoms with Crippen LogP contribution in [0.3, 0.4) is 0 Å². The van der Waals surface area contributed by atoms with Gasteiger partial charge in [0.1, 0.15) is 10.4 Å². The lowest BCUT2D eigenvalue weighted by Gasteiger charge is -2.07. The van der Waals surface area contributed by atoms with Gasteiger partial charge < -0.3 is 16.3 Å². The Bertz CT molecular complexity index is 668. The van der Waals surface area contributed by atoms with Crippen molar-refractivity contribution < 1.29 is 23.6 Å². The molecule has 2 rings (SSSR count). The van der Waals surface area contributed by atoms with Crippen molar-refractivity contribution in [1.82, 2.24) is 4.98 Å². The molecule has 0 saturated carbocycles. The molecule has 0 saturated heterocycles. The van der Waals surface area contributed by atoms with Crippen LogP contribution >= 0.6 is 0 Å². The topological polar surface area (TPSA) is 145 Å². The van der Waals surface area contributed by atoms with E-state index in [1.807, 2.05) is 0 Å². The lowest BCUT2D eigenvalue weighted by atomic mass is 10.2. The zero-order valence-electron chi connectivity index (χ0n) is 8.45. The number of nitrogens with zero attached hydrogens (tertiary/aromatic N) is 1. The molecule has 0 aliphatic rings. The molecular formula is C9H10N2O5S. The summed E-state index contributed by atoms with van der Waals surface area (Å²) in [5, 5.41) is 9.71. The fourth-order valence-electron chi connectivity index (χ4n) is 1.43. The van der Waals surface area contributed by atoms with Crippen LogP contribution < -0.4 is 5.73 Å². The van der Waals surface area contributed by atoms with E-state index in [9.17, 15) is 13.5 Å². The molecule has 92 valence electrons. The van der Waals surface area contributed by atoms with E-state index in [0.717, 1.165) is 6.07 Å². The van der Waals surface area contributed by atoms with Crippen LogP contribution in [0.4, 0.5) is 5.69 Å². The third-order valence-electron chi connectivity index (χ3n) is 2.14. The Morgan fingerprint density at radius 2 is 2.00 bits per heavy atom. The van der Waals surface area contributed by atoms with Gasteiger partial charge in [-0.25, -0.2) is 0 Å². The minimum absolute atomic E-state index is 0. The van der Waals surface area contributed by atoms with Gasteiger partial charge in [-0.05, 0) is 18.2 Å². The Morgan fingerprint density at radius 1 is 1.35 bits per heavy atom. The van der Waals surface area contributed by atoms with Crippen LogP contribution in [0.2, 0.25) is 0 Å². The third kappa shape index (κ3) is 2.13. The summed E-state index contributed by atoms with van der Waals surface area (Å²) in [6, 6.07) is 3.91. The molecular weight excluding hydrogens is 248 g/mol. The average Bonchev–Trinajstić information content (AvgIpc) is 2.22. The highest BCUT2D eigenvalue weighted by Gasteiger charge is 2.18. The van der Waals surface area contributed by atoms with Crippen LogP contribution in [0.5, 0.6) is 5.75 Å². The number of aromatic hydroxyl groups is 1. The van der Waals surface area contributed by atoms with Gasteiger partial charge in [-0.3, -0.25) is 9.54 Å². The molecule has 0 aliphatic carbocycles. The SMILES string of the molecule is Nc1cc(S(=O)(=O)O)c2cccnc2c1O.O. The van der Waals surface area contributed by atoms with Crippen LogP contribution in [-0.4, -0.2) is 28.5 Å². The zero-order chi connectivity index (χ0) is 11.9. The quantitative estimate of drug-likeness (QED) is 0.371. The number of rotatable bonds is 1. The second-order valence-electron chi connectivity index (χ2n) is 3.19. The number of aromatic nitrogens is 1. The Balaban J connectivity index is 0.00000144. The largest absolute Gasteiger partial charge is 0.504 e. The van der Waals surface area contributed by atoms with Gasteiger partial charge in [0, 0.05) is 11.6 Å². The van der Waals surface area contributed by atoms with Gasteiger partial charge in [0.05, 0.1) is 5.69 Å². The molecule has 1 aromatic carbocycles. The lowest BCUT2D eigenvalue weighted by Crippen LogP contribution is -2.01. The Kier molecular flexibility index (Phi) is 3.23. The number of nitrogen functional groups attached to an aromatic ring is 1. The van der Waals surface area contributed by atoms with Crippen LogP contribution in [0.25, 0.3) is 10.9 Å². The van der Waals surface area contributed by atoms with Crippen molar-refractivity contribution >= 4 is 26.7 Å². The summed E-state index contributed by atoms with van der Waals surface area (Å²) in [6.45, 7) is 0. The van der Waals surface area contributed by atoms with E-state index >= 15 is 0 Å². The summed E-state index contributed by atoms with van der Waals surface area (Å²) >= 11 is 0. The first-order chi connectivity index (χ1) is 7.41. The fraction of sp³-hybridized carbons (Fsp3) is 0. The standard InChI is InChI=1S/C9H8N2O4S.H2O/c10-6-4-7(16(13,14)15)5-2-1-3-11-8(5)9(6)12;/h1-4,12H,10H2,(H,13,14,15);1H2. The Morgan fingerprint density at radius 3 is 2.59 bits per heavy atom. The van der Waals surface area contributed by atoms with Gasteiger partial charge in [0.15, 0.2) is 5.75 Å². The van der Waals surface area contributed by atoms with E-state index in [4.69, 9.17) is 10.3 Å². The molecule has 1 aromatic heterocycles. The first-order valence-electron chi connectivity index (χ1n) is 4.25. The number of phenols is 1. The lowest BCUT2D eigenvalue weighted by molar-refractivity contribution is 0.480.